The lowest BCUT2D eigenvalue weighted by Crippen LogP contribution is -2.24. The number of hydrogen-bond acceptors (Lipinski definition) is 2. The van der Waals surface area contributed by atoms with Gasteiger partial charge in [0, 0.05) is 22.0 Å². The van der Waals surface area contributed by atoms with Crippen LogP contribution in [0.5, 0.6) is 0 Å². The second kappa shape index (κ2) is 8.32. The topological polar surface area (TPSA) is 24.9 Å². The van der Waals surface area contributed by atoms with E-state index in [0.717, 1.165) is 33.5 Å². The summed E-state index contributed by atoms with van der Waals surface area (Å²) in [5.74, 6) is 0. The zero-order chi connectivity index (χ0) is 15.2. The summed E-state index contributed by atoms with van der Waals surface area (Å²) in [5.41, 5.74) is 2.27. The third kappa shape index (κ3) is 4.81. The van der Waals surface area contributed by atoms with Gasteiger partial charge in [-0.15, -0.1) is 0 Å². The van der Waals surface area contributed by atoms with Crippen molar-refractivity contribution in [2.45, 2.75) is 25.8 Å². The van der Waals surface area contributed by atoms with Crippen LogP contribution in [0.15, 0.2) is 36.7 Å². The largest absolute Gasteiger partial charge is 0.310 e. The van der Waals surface area contributed by atoms with Crippen molar-refractivity contribution in [2.24, 2.45) is 0 Å². The Morgan fingerprint density at radius 3 is 2.71 bits per heavy atom. The van der Waals surface area contributed by atoms with E-state index in [1.165, 1.54) is 5.56 Å². The molecule has 21 heavy (non-hydrogen) atoms. The van der Waals surface area contributed by atoms with Crippen LogP contribution >= 0.6 is 45.8 Å². The highest BCUT2D eigenvalue weighted by Crippen LogP contribution is 2.27. The lowest BCUT2D eigenvalue weighted by molar-refractivity contribution is 0.529. The van der Waals surface area contributed by atoms with Gasteiger partial charge in [-0.3, -0.25) is 4.98 Å². The van der Waals surface area contributed by atoms with Gasteiger partial charge in [0.25, 0.3) is 0 Å². The van der Waals surface area contributed by atoms with Crippen molar-refractivity contribution in [3.8, 4) is 0 Å². The van der Waals surface area contributed by atoms with Gasteiger partial charge in [0.2, 0.25) is 0 Å². The van der Waals surface area contributed by atoms with Crippen molar-refractivity contribution in [1.82, 2.24) is 10.3 Å². The zero-order valence-electron chi connectivity index (χ0n) is 11.7. The summed E-state index contributed by atoms with van der Waals surface area (Å²) >= 11 is 14.7. The van der Waals surface area contributed by atoms with Gasteiger partial charge in [-0.2, -0.15) is 0 Å². The van der Waals surface area contributed by atoms with Crippen molar-refractivity contribution >= 4 is 45.8 Å². The molecule has 1 aromatic carbocycles. The van der Waals surface area contributed by atoms with E-state index in [2.05, 4.69) is 45.9 Å². The molecule has 112 valence electrons. The Labute approximate surface area is 149 Å². The van der Waals surface area contributed by atoms with Gasteiger partial charge in [-0.25, -0.2) is 0 Å². The summed E-state index contributed by atoms with van der Waals surface area (Å²) < 4.78 is 1.06. The molecule has 1 atom stereocenters. The SMILES string of the molecule is CCCNC(Cc1ccncc1Cl)c1ccc(I)c(Cl)c1. The first-order valence-electron chi connectivity index (χ1n) is 6.88. The molecule has 2 nitrogen and oxygen atoms in total. The Morgan fingerprint density at radius 1 is 1.24 bits per heavy atom. The number of pyridine rings is 1. The van der Waals surface area contributed by atoms with E-state index in [1.807, 2.05) is 18.2 Å². The Morgan fingerprint density at radius 2 is 2.05 bits per heavy atom. The van der Waals surface area contributed by atoms with Crippen LogP contribution in [0.2, 0.25) is 10.0 Å². The van der Waals surface area contributed by atoms with Crippen molar-refractivity contribution in [3.05, 3.63) is 61.4 Å². The number of nitrogens with one attached hydrogen (secondary N) is 1. The maximum Gasteiger partial charge on any atom is 0.0622 e. The molecule has 1 N–H and O–H groups in total. The molecule has 0 spiro atoms. The Kier molecular flexibility index (Phi) is 6.74. The molecule has 2 aromatic rings. The van der Waals surface area contributed by atoms with Crippen LogP contribution in [0.4, 0.5) is 0 Å². The normalized spacial score (nSPS) is 12.4. The first-order valence-corrected chi connectivity index (χ1v) is 8.72. The Balaban J connectivity index is 2.25. The average Bonchev–Trinajstić information content (AvgIpc) is 2.48. The summed E-state index contributed by atoms with van der Waals surface area (Å²) in [6, 6.07) is 8.37. The van der Waals surface area contributed by atoms with Gasteiger partial charge in [-0.05, 0) is 71.3 Å². The minimum Gasteiger partial charge on any atom is -0.310 e. The molecule has 0 fully saturated rings. The van der Waals surface area contributed by atoms with Gasteiger partial charge in [0.15, 0.2) is 0 Å². The smallest absolute Gasteiger partial charge is 0.0622 e. The third-order valence-corrected chi connectivity index (χ3v) is 5.18. The maximum atomic E-state index is 6.25. The van der Waals surface area contributed by atoms with Crippen molar-refractivity contribution in [2.75, 3.05) is 6.54 Å². The van der Waals surface area contributed by atoms with E-state index in [-0.39, 0.29) is 6.04 Å². The molecule has 1 heterocycles. The molecule has 0 aliphatic rings. The Hall–Kier alpha value is -0.360. The van der Waals surface area contributed by atoms with Crippen LogP contribution in [-0.4, -0.2) is 11.5 Å². The van der Waals surface area contributed by atoms with Gasteiger partial charge in [-0.1, -0.05) is 36.2 Å². The minimum absolute atomic E-state index is 0.194. The second-order valence-corrected chi connectivity index (χ2v) is 6.83. The fourth-order valence-electron chi connectivity index (χ4n) is 2.15. The molecule has 0 aliphatic carbocycles. The molecule has 5 heteroatoms. The highest BCUT2D eigenvalue weighted by molar-refractivity contribution is 14.1. The van der Waals surface area contributed by atoms with Crippen molar-refractivity contribution in [3.63, 3.8) is 0 Å². The predicted octanol–water partition coefficient (Wildman–Crippen LogP) is 5.28. The molecule has 0 aliphatic heterocycles. The molecule has 0 radical (unpaired) electrons. The molecule has 0 saturated heterocycles. The van der Waals surface area contributed by atoms with Crippen LogP contribution in [0, 0.1) is 3.57 Å². The second-order valence-electron chi connectivity index (χ2n) is 4.85. The number of hydrogen-bond donors (Lipinski definition) is 1. The standard InChI is InChI=1S/C16H17Cl2IN2/c1-2-6-21-16(9-11-5-7-20-10-14(11)18)12-3-4-15(19)13(17)8-12/h3-5,7-8,10,16,21H,2,6,9H2,1H3. The summed E-state index contributed by atoms with van der Waals surface area (Å²) in [4.78, 5) is 4.04. The molecular formula is C16H17Cl2IN2. The third-order valence-electron chi connectivity index (χ3n) is 3.27. The van der Waals surface area contributed by atoms with Gasteiger partial charge in [0.1, 0.15) is 0 Å². The summed E-state index contributed by atoms with van der Waals surface area (Å²) in [7, 11) is 0. The first kappa shape index (κ1) is 17.0. The van der Waals surface area contributed by atoms with E-state index < -0.39 is 0 Å². The molecule has 0 saturated carbocycles. The Bertz CT molecular complexity index is 605. The molecular weight excluding hydrogens is 418 g/mol. The van der Waals surface area contributed by atoms with Gasteiger partial charge >= 0.3 is 0 Å². The lowest BCUT2D eigenvalue weighted by atomic mass is 9.99. The minimum atomic E-state index is 0.194. The number of nitrogens with zero attached hydrogens (tertiary/aromatic N) is 1. The molecule has 1 aromatic heterocycles. The lowest BCUT2D eigenvalue weighted by Gasteiger charge is -2.20. The van der Waals surface area contributed by atoms with Crippen LogP contribution in [0.1, 0.15) is 30.5 Å². The highest BCUT2D eigenvalue weighted by atomic mass is 127. The molecule has 2 rings (SSSR count). The van der Waals surface area contributed by atoms with E-state index in [4.69, 9.17) is 23.2 Å². The fraction of sp³-hybridized carbons (Fsp3) is 0.312. The zero-order valence-corrected chi connectivity index (χ0v) is 15.4. The molecule has 1 unspecified atom stereocenters. The van der Waals surface area contributed by atoms with Gasteiger partial charge < -0.3 is 5.32 Å². The van der Waals surface area contributed by atoms with Crippen LogP contribution in [0.25, 0.3) is 0 Å². The van der Waals surface area contributed by atoms with Crippen molar-refractivity contribution < 1.29 is 0 Å². The fourth-order valence-corrected chi connectivity index (χ4v) is 2.87. The summed E-state index contributed by atoms with van der Waals surface area (Å²) in [6.45, 7) is 3.11. The molecule has 0 amide bonds. The quantitative estimate of drug-likeness (QED) is 0.626. The van der Waals surface area contributed by atoms with E-state index in [0.29, 0.717) is 5.02 Å². The monoisotopic (exact) mass is 434 g/mol. The highest BCUT2D eigenvalue weighted by Gasteiger charge is 2.14. The predicted molar refractivity (Wildman–Crippen MR) is 98.2 cm³/mol. The molecule has 0 bridgehead atoms. The number of aromatic nitrogens is 1. The van der Waals surface area contributed by atoms with Crippen LogP contribution < -0.4 is 5.32 Å². The average molecular weight is 435 g/mol. The number of benzene rings is 1. The van der Waals surface area contributed by atoms with Crippen molar-refractivity contribution in [1.29, 1.82) is 0 Å². The number of rotatable bonds is 6. The van der Waals surface area contributed by atoms with Crippen LogP contribution in [-0.2, 0) is 6.42 Å². The van der Waals surface area contributed by atoms with E-state index >= 15 is 0 Å². The van der Waals surface area contributed by atoms with Crippen LogP contribution in [0.3, 0.4) is 0 Å². The summed E-state index contributed by atoms with van der Waals surface area (Å²) in [6.07, 6.45) is 5.37. The maximum absolute atomic E-state index is 6.25. The van der Waals surface area contributed by atoms with E-state index in [1.54, 1.807) is 12.4 Å². The summed E-state index contributed by atoms with van der Waals surface area (Å²) in [5, 5.41) is 5.06. The van der Waals surface area contributed by atoms with E-state index in [9.17, 15) is 0 Å². The number of halogens is 3. The first-order chi connectivity index (χ1) is 10.1. The van der Waals surface area contributed by atoms with Gasteiger partial charge in [0.05, 0.1) is 10.0 Å².